The summed E-state index contributed by atoms with van der Waals surface area (Å²) in [4.78, 5) is 4.49. The van der Waals surface area contributed by atoms with Crippen molar-refractivity contribution in [2.75, 3.05) is 0 Å². The van der Waals surface area contributed by atoms with Crippen molar-refractivity contribution >= 4 is 34.2 Å². The minimum Gasteiger partial charge on any atom is -0.236 e. The quantitative estimate of drug-likeness (QED) is 0.621. The summed E-state index contributed by atoms with van der Waals surface area (Å²) in [6, 6.07) is 11.0. The van der Waals surface area contributed by atoms with Crippen LogP contribution in [0.4, 0.5) is 13.2 Å². The fourth-order valence-corrected chi connectivity index (χ4v) is 3.14. The highest BCUT2D eigenvalue weighted by Crippen LogP contribution is 2.34. The number of nitrogens with zero attached hydrogens (tertiary/aromatic N) is 1. The van der Waals surface area contributed by atoms with E-state index in [1.54, 1.807) is 0 Å². The first kappa shape index (κ1) is 14.4. The van der Waals surface area contributed by atoms with Crippen molar-refractivity contribution in [1.29, 1.82) is 0 Å². The van der Waals surface area contributed by atoms with Crippen LogP contribution in [0.15, 0.2) is 42.5 Å². The molecule has 2 aromatic carbocycles. The zero-order chi connectivity index (χ0) is 15.0. The molecule has 0 atom stereocenters. The van der Waals surface area contributed by atoms with E-state index in [2.05, 4.69) is 17.6 Å². The zero-order valence-corrected chi connectivity index (χ0v) is 12.4. The van der Waals surface area contributed by atoms with Crippen LogP contribution in [0.3, 0.4) is 0 Å². The summed E-state index contributed by atoms with van der Waals surface area (Å²) in [6.45, 7) is 0. The molecule has 0 aliphatic carbocycles. The highest BCUT2D eigenvalue weighted by molar-refractivity contribution is 7.79. The molecule has 6 heteroatoms. The molecular formula is C15H10F3NS2. The third-order valence-corrected chi connectivity index (χ3v) is 4.54. The van der Waals surface area contributed by atoms with Crippen molar-refractivity contribution in [3.63, 3.8) is 0 Å². The lowest BCUT2D eigenvalue weighted by Gasteiger charge is -2.06. The molecule has 0 unspecified atom stereocenters. The molecule has 0 amide bonds. The van der Waals surface area contributed by atoms with Crippen molar-refractivity contribution < 1.29 is 13.2 Å². The van der Waals surface area contributed by atoms with E-state index >= 15 is 0 Å². The van der Waals surface area contributed by atoms with Gasteiger partial charge in [0.1, 0.15) is 5.01 Å². The molecule has 0 aliphatic rings. The first-order chi connectivity index (χ1) is 9.97. The molecule has 0 saturated heterocycles. The van der Waals surface area contributed by atoms with Gasteiger partial charge in [-0.2, -0.15) is 25.8 Å². The zero-order valence-electron chi connectivity index (χ0n) is 10.7. The van der Waals surface area contributed by atoms with Crippen molar-refractivity contribution in [1.82, 2.24) is 4.98 Å². The van der Waals surface area contributed by atoms with Gasteiger partial charge in [-0.25, -0.2) is 4.98 Å². The lowest BCUT2D eigenvalue weighted by atomic mass is 10.1. The number of fused-ring (bicyclic) bond motifs is 1. The minimum atomic E-state index is -4.31. The maximum atomic E-state index is 12.6. The van der Waals surface area contributed by atoms with Crippen LogP contribution in [0.25, 0.3) is 20.8 Å². The van der Waals surface area contributed by atoms with E-state index in [9.17, 15) is 13.2 Å². The molecule has 0 saturated carbocycles. The van der Waals surface area contributed by atoms with Gasteiger partial charge >= 0.3 is 6.18 Å². The number of alkyl halides is 3. The highest BCUT2D eigenvalue weighted by Gasteiger charge is 2.30. The number of halogens is 3. The normalized spacial score (nSPS) is 12.0. The van der Waals surface area contributed by atoms with Crippen LogP contribution in [0.1, 0.15) is 11.1 Å². The monoisotopic (exact) mass is 325 g/mol. The van der Waals surface area contributed by atoms with E-state index in [0.717, 1.165) is 32.9 Å². The molecule has 0 spiro atoms. The molecule has 3 rings (SSSR count). The van der Waals surface area contributed by atoms with E-state index in [4.69, 9.17) is 0 Å². The van der Waals surface area contributed by atoms with Gasteiger partial charge in [0.2, 0.25) is 0 Å². The Labute approximate surface area is 128 Å². The number of aromatic nitrogens is 1. The molecular weight excluding hydrogens is 315 g/mol. The Kier molecular flexibility index (Phi) is 3.67. The average molecular weight is 325 g/mol. The second-order valence-corrected chi connectivity index (χ2v) is 5.90. The predicted octanol–water partition coefficient (Wildman–Crippen LogP) is 5.41. The summed E-state index contributed by atoms with van der Waals surface area (Å²) in [5.41, 5.74) is 1.96. The number of hydrogen-bond donors (Lipinski definition) is 1. The molecule has 0 bridgehead atoms. The summed E-state index contributed by atoms with van der Waals surface area (Å²) < 4.78 is 38.7. The SMILES string of the molecule is FC(F)(F)c1ccc(-c2nc3cc(CS)ccc3s2)cc1. The minimum absolute atomic E-state index is 0.628. The molecule has 0 aliphatic heterocycles. The molecule has 3 aromatic rings. The van der Waals surface area contributed by atoms with Crippen molar-refractivity contribution in [2.24, 2.45) is 0 Å². The lowest BCUT2D eigenvalue weighted by Crippen LogP contribution is -2.03. The van der Waals surface area contributed by atoms with E-state index < -0.39 is 11.7 Å². The van der Waals surface area contributed by atoms with Crippen LogP contribution in [0.2, 0.25) is 0 Å². The highest BCUT2D eigenvalue weighted by atomic mass is 32.1. The average Bonchev–Trinajstić information content (AvgIpc) is 2.89. The molecule has 1 nitrogen and oxygen atoms in total. The second kappa shape index (κ2) is 5.35. The molecule has 21 heavy (non-hydrogen) atoms. The predicted molar refractivity (Wildman–Crippen MR) is 82.7 cm³/mol. The Balaban J connectivity index is 2.00. The van der Waals surface area contributed by atoms with Gasteiger partial charge in [0.05, 0.1) is 15.8 Å². The summed E-state index contributed by atoms with van der Waals surface area (Å²) in [5, 5.41) is 0.718. The van der Waals surface area contributed by atoms with Gasteiger partial charge in [0, 0.05) is 11.3 Å². The van der Waals surface area contributed by atoms with Gasteiger partial charge in [-0.1, -0.05) is 18.2 Å². The Morgan fingerprint density at radius 2 is 1.76 bits per heavy atom. The number of thiazole rings is 1. The summed E-state index contributed by atoms with van der Waals surface area (Å²) in [6.07, 6.45) is -4.31. The van der Waals surface area contributed by atoms with E-state index in [-0.39, 0.29) is 0 Å². The van der Waals surface area contributed by atoms with Gasteiger partial charge in [0.15, 0.2) is 0 Å². The molecule has 1 aromatic heterocycles. The summed E-state index contributed by atoms with van der Waals surface area (Å²) >= 11 is 5.69. The van der Waals surface area contributed by atoms with Crippen LogP contribution >= 0.6 is 24.0 Å². The van der Waals surface area contributed by atoms with Crippen molar-refractivity contribution in [3.8, 4) is 10.6 Å². The van der Waals surface area contributed by atoms with Crippen LogP contribution in [0, 0.1) is 0 Å². The lowest BCUT2D eigenvalue weighted by molar-refractivity contribution is -0.137. The van der Waals surface area contributed by atoms with Crippen LogP contribution in [-0.2, 0) is 11.9 Å². The molecule has 1 heterocycles. The van der Waals surface area contributed by atoms with Gasteiger partial charge in [-0.3, -0.25) is 0 Å². The number of rotatable bonds is 2. The second-order valence-electron chi connectivity index (χ2n) is 4.55. The summed E-state index contributed by atoms with van der Waals surface area (Å²) in [7, 11) is 0. The molecule has 0 fully saturated rings. The first-order valence-corrected chi connectivity index (χ1v) is 7.60. The Bertz CT molecular complexity index is 776. The third-order valence-electron chi connectivity index (χ3n) is 3.09. The van der Waals surface area contributed by atoms with Gasteiger partial charge in [-0.15, -0.1) is 11.3 Å². The number of hydrogen-bond acceptors (Lipinski definition) is 3. The maximum absolute atomic E-state index is 12.6. The molecule has 0 N–H and O–H groups in total. The smallest absolute Gasteiger partial charge is 0.236 e. The molecule has 108 valence electrons. The van der Waals surface area contributed by atoms with E-state index in [0.29, 0.717) is 11.3 Å². The Morgan fingerprint density at radius 1 is 1.05 bits per heavy atom. The Hall–Kier alpha value is -1.53. The fourth-order valence-electron chi connectivity index (χ4n) is 2.00. The fraction of sp³-hybridized carbons (Fsp3) is 0.133. The van der Waals surface area contributed by atoms with Gasteiger partial charge in [-0.05, 0) is 29.8 Å². The third kappa shape index (κ3) is 2.91. The van der Waals surface area contributed by atoms with Crippen molar-refractivity contribution in [2.45, 2.75) is 11.9 Å². The standard InChI is InChI=1S/C15H10F3NS2/c16-15(17,18)11-4-2-10(3-5-11)14-19-12-7-9(8-20)1-6-13(12)21-14/h1-7,20H,8H2. The van der Waals surface area contributed by atoms with Crippen LogP contribution < -0.4 is 0 Å². The van der Waals surface area contributed by atoms with Gasteiger partial charge in [0.25, 0.3) is 0 Å². The van der Waals surface area contributed by atoms with E-state index in [1.807, 2.05) is 18.2 Å². The van der Waals surface area contributed by atoms with Gasteiger partial charge < -0.3 is 0 Å². The first-order valence-electron chi connectivity index (χ1n) is 6.15. The Morgan fingerprint density at radius 3 is 2.38 bits per heavy atom. The largest absolute Gasteiger partial charge is 0.416 e. The molecule has 0 radical (unpaired) electrons. The summed E-state index contributed by atoms with van der Waals surface area (Å²) in [5.74, 6) is 0.628. The maximum Gasteiger partial charge on any atom is 0.416 e. The van der Waals surface area contributed by atoms with Crippen LogP contribution in [0.5, 0.6) is 0 Å². The number of benzene rings is 2. The van der Waals surface area contributed by atoms with Crippen molar-refractivity contribution in [3.05, 3.63) is 53.6 Å². The number of thiol groups is 1. The van der Waals surface area contributed by atoms with Crippen LogP contribution in [-0.4, -0.2) is 4.98 Å². The van der Waals surface area contributed by atoms with E-state index in [1.165, 1.54) is 23.5 Å². The topological polar surface area (TPSA) is 12.9 Å².